The highest BCUT2D eigenvalue weighted by molar-refractivity contribution is 5.43. The molecule has 6 heteroatoms. The molecule has 0 unspecified atom stereocenters. The topological polar surface area (TPSA) is 77.4 Å². The number of phenols is 2. The Kier molecular flexibility index (Phi) is 4.38. The second kappa shape index (κ2) is 6.70. The minimum absolute atomic E-state index is 0.109. The minimum atomic E-state index is -0.148. The molecular formula is C20H22O6. The number of benzene rings is 2. The first-order valence-electron chi connectivity index (χ1n) is 8.58. The highest BCUT2D eigenvalue weighted by Crippen LogP contribution is 2.51. The molecule has 2 aliphatic heterocycles. The lowest BCUT2D eigenvalue weighted by atomic mass is 9.85. The van der Waals surface area contributed by atoms with Crippen LogP contribution < -0.4 is 9.47 Å². The predicted molar refractivity (Wildman–Crippen MR) is 93.7 cm³/mol. The molecule has 0 bridgehead atoms. The van der Waals surface area contributed by atoms with Crippen LogP contribution in [0.5, 0.6) is 23.0 Å². The second-order valence-corrected chi connectivity index (χ2v) is 6.73. The van der Waals surface area contributed by atoms with Crippen molar-refractivity contribution in [3.8, 4) is 23.0 Å². The van der Waals surface area contributed by atoms with Gasteiger partial charge in [-0.15, -0.1) is 0 Å². The van der Waals surface area contributed by atoms with E-state index in [0.717, 1.165) is 11.1 Å². The fraction of sp³-hybridized carbons (Fsp3) is 0.400. The van der Waals surface area contributed by atoms with Gasteiger partial charge in [0.05, 0.1) is 39.6 Å². The van der Waals surface area contributed by atoms with E-state index < -0.39 is 0 Å². The van der Waals surface area contributed by atoms with Crippen LogP contribution in [0.1, 0.15) is 23.3 Å². The summed E-state index contributed by atoms with van der Waals surface area (Å²) in [6.07, 6.45) is -0.260. The zero-order chi connectivity index (χ0) is 18.3. The Balaban J connectivity index is 1.59. The number of hydrogen-bond acceptors (Lipinski definition) is 6. The van der Waals surface area contributed by atoms with E-state index in [-0.39, 0.29) is 35.5 Å². The molecule has 2 heterocycles. The Labute approximate surface area is 151 Å². The molecule has 26 heavy (non-hydrogen) atoms. The molecule has 2 N–H and O–H groups in total. The van der Waals surface area contributed by atoms with Crippen molar-refractivity contribution in [3.63, 3.8) is 0 Å². The van der Waals surface area contributed by atoms with Crippen LogP contribution in [0.3, 0.4) is 0 Å². The molecular weight excluding hydrogens is 336 g/mol. The maximum atomic E-state index is 9.94. The van der Waals surface area contributed by atoms with Crippen LogP contribution in [-0.4, -0.2) is 37.6 Å². The van der Waals surface area contributed by atoms with Crippen molar-refractivity contribution in [1.82, 2.24) is 0 Å². The van der Waals surface area contributed by atoms with Crippen LogP contribution in [0, 0.1) is 11.8 Å². The second-order valence-electron chi connectivity index (χ2n) is 6.73. The molecule has 0 radical (unpaired) electrons. The quantitative estimate of drug-likeness (QED) is 0.874. The van der Waals surface area contributed by atoms with Gasteiger partial charge >= 0.3 is 0 Å². The van der Waals surface area contributed by atoms with Gasteiger partial charge < -0.3 is 29.2 Å². The zero-order valence-electron chi connectivity index (χ0n) is 14.7. The van der Waals surface area contributed by atoms with Gasteiger partial charge in [-0.05, 0) is 35.4 Å². The summed E-state index contributed by atoms with van der Waals surface area (Å²) in [4.78, 5) is 0. The summed E-state index contributed by atoms with van der Waals surface area (Å²) in [6, 6.07) is 10.5. The number of aromatic hydroxyl groups is 2. The van der Waals surface area contributed by atoms with E-state index in [9.17, 15) is 10.2 Å². The molecule has 0 saturated carbocycles. The Bertz CT molecular complexity index is 805. The third-order valence-corrected chi connectivity index (χ3v) is 5.27. The Hall–Kier alpha value is -2.44. The third kappa shape index (κ3) is 2.85. The molecule has 0 aromatic heterocycles. The third-order valence-electron chi connectivity index (χ3n) is 5.27. The fourth-order valence-electron chi connectivity index (χ4n) is 3.99. The molecule has 2 aromatic rings. The molecule has 2 saturated heterocycles. The molecule has 6 nitrogen and oxygen atoms in total. The van der Waals surface area contributed by atoms with Gasteiger partial charge in [-0.2, -0.15) is 0 Å². The highest BCUT2D eigenvalue weighted by atomic mass is 16.5. The molecule has 2 aromatic carbocycles. The van der Waals surface area contributed by atoms with E-state index >= 15 is 0 Å². The first kappa shape index (κ1) is 17.0. The first-order chi connectivity index (χ1) is 12.6. The molecule has 0 aliphatic carbocycles. The maximum absolute atomic E-state index is 9.94. The van der Waals surface area contributed by atoms with Crippen LogP contribution >= 0.6 is 0 Å². The summed E-state index contributed by atoms with van der Waals surface area (Å²) in [7, 11) is 3.10. The van der Waals surface area contributed by atoms with E-state index in [0.29, 0.717) is 24.7 Å². The van der Waals surface area contributed by atoms with Crippen molar-refractivity contribution in [3.05, 3.63) is 47.5 Å². The lowest BCUT2D eigenvalue weighted by Crippen LogP contribution is -2.14. The fourth-order valence-corrected chi connectivity index (χ4v) is 3.99. The molecule has 138 valence electrons. The van der Waals surface area contributed by atoms with Crippen molar-refractivity contribution in [2.45, 2.75) is 12.2 Å². The summed E-state index contributed by atoms with van der Waals surface area (Å²) in [6.45, 7) is 1.14. The van der Waals surface area contributed by atoms with Crippen LogP contribution in [-0.2, 0) is 9.47 Å². The number of ether oxygens (including phenoxy) is 4. The standard InChI is InChI=1S/C20H22O6/c1-23-14-6-12(5-13(21)8-14)20-16-10-25-19(15(16)9-26-20)11-3-4-17(22)18(7-11)24-2/h3-8,15-16,19-22H,9-10H2,1-2H3/t15-,16+,19-,20+/m1/s1. The van der Waals surface area contributed by atoms with Gasteiger partial charge in [-0.3, -0.25) is 0 Å². The number of rotatable bonds is 4. The monoisotopic (exact) mass is 358 g/mol. The van der Waals surface area contributed by atoms with Gasteiger partial charge in [-0.1, -0.05) is 6.07 Å². The van der Waals surface area contributed by atoms with E-state index in [1.807, 2.05) is 18.2 Å². The van der Waals surface area contributed by atoms with Crippen molar-refractivity contribution in [2.75, 3.05) is 27.4 Å². The Morgan fingerprint density at radius 3 is 2.19 bits per heavy atom. The lowest BCUT2D eigenvalue weighted by Gasteiger charge is -2.18. The average molecular weight is 358 g/mol. The average Bonchev–Trinajstić information content (AvgIpc) is 3.23. The lowest BCUT2D eigenvalue weighted by molar-refractivity contribution is 0.0191. The van der Waals surface area contributed by atoms with Crippen LogP contribution in [0.25, 0.3) is 0 Å². The number of methoxy groups -OCH3 is 2. The van der Waals surface area contributed by atoms with E-state index in [1.165, 1.54) is 7.11 Å². The Morgan fingerprint density at radius 2 is 1.54 bits per heavy atom. The van der Waals surface area contributed by atoms with Gasteiger partial charge in [0.1, 0.15) is 11.5 Å². The number of hydrogen-bond donors (Lipinski definition) is 2. The van der Waals surface area contributed by atoms with Gasteiger partial charge in [0.2, 0.25) is 0 Å². The minimum Gasteiger partial charge on any atom is -0.508 e. The number of phenolic OH excluding ortho intramolecular Hbond substituents is 2. The van der Waals surface area contributed by atoms with Crippen molar-refractivity contribution in [1.29, 1.82) is 0 Å². The Morgan fingerprint density at radius 1 is 0.846 bits per heavy atom. The van der Waals surface area contributed by atoms with E-state index in [4.69, 9.17) is 18.9 Å². The molecule has 0 amide bonds. The molecule has 4 rings (SSSR count). The van der Waals surface area contributed by atoms with Gasteiger partial charge in [0.15, 0.2) is 11.5 Å². The van der Waals surface area contributed by atoms with Gasteiger partial charge in [0, 0.05) is 17.9 Å². The largest absolute Gasteiger partial charge is 0.508 e. The van der Waals surface area contributed by atoms with Crippen molar-refractivity contribution in [2.24, 2.45) is 11.8 Å². The van der Waals surface area contributed by atoms with Crippen molar-refractivity contribution < 1.29 is 29.2 Å². The van der Waals surface area contributed by atoms with Gasteiger partial charge in [-0.25, -0.2) is 0 Å². The molecule has 2 fully saturated rings. The zero-order valence-corrected chi connectivity index (χ0v) is 14.7. The van der Waals surface area contributed by atoms with Crippen LogP contribution in [0.15, 0.2) is 36.4 Å². The van der Waals surface area contributed by atoms with Crippen LogP contribution in [0.4, 0.5) is 0 Å². The van der Waals surface area contributed by atoms with Crippen molar-refractivity contribution >= 4 is 0 Å². The first-order valence-corrected chi connectivity index (χ1v) is 8.58. The molecule has 0 spiro atoms. The SMILES string of the molecule is COc1cc(O)cc([C@@H]2OC[C@@H]3[C@@H]2CO[C@@H]3c2ccc(O)c(OC)c2)c1. The van der Waals surface area contributed by atoms with Gasteiger partial charge in [0.25, 0.3) is 0 Å². The smallest absolute Gasteiger partial charge is 0.160 e. The summed E-state index contributed by atoms with van der Waals surface area (Å²) >= 11 is 0. The summed E-state index contributed by atoms with van der Waals surface area (Å²) in [5, 5.41) is 19.7. The maximum Gasteiger partial charge on any atom is 0.160 e. The summed E-state index contributed by atoms with van der Waals surface area (Å²) < 4.78 is 22.6. The van der Waals surface area contributed by atoms with E-state index in [2.05, 4.69) is 0 Å². The number of fused-ring (bicyclic) bond motifs is 1. The normalized spacial score (nSPS) is 27.3. The molecule has 2 aliphatic rings. The highest BCUT2D eigenvalue weighted by Gasteiger charge is 2.48. The van der Waals surface area contributed by atoms with Crippen LogP contribution in [0.2, 0.25) is 0 Å². The predicted octanol–water partition coefficient (Wildman–Crippen LogP) is 3.19. The molecule has 4 atom stereocenters. The van der Waals surface area contributed by atoms with E-state index in [1.54, 1.807) is 25.3 Å². The summed E-state index contributed by atoms with van der Waals surface area (Å²) in [5.41, 5.74) is 1.85. The summed E-state index contributed by atoms with van der Waals surface area (Å²) in [5.74, 6) is 1.69.